The topological polar surface area (TPSA) is 84.6 Å². The van der Waals surface area contributed by atoms with Crippen molar-refractivity contribution in [3.63, 3.8) is 0 Å². The summed E-state index contributed by atoms with van der Waals surface area (Å²) >= 11 is 24.4. The quantitative estimate of drug-likeness (QED) is 0.130. The zero-order chi connectivity index (χ0) is 23.2. The third-order valence-electron chi connectivity index (χ3n) is 2.14. The molecule has 1 amide bonds. The number of aliphatic imine (C=N–C) groups is 2. The van der Waals surface area contributed by atoms with Crippen LogP contribution in [0.5, 0.6) is 0 Å². The summed E-state index contributed by atoms with van der Waals surface area (Å²) in [7, 11) is 0. The smallest absolute Gasteiger partial charge is 0.271 e. The fourth-order valence-electron chi connectivity index (χ4n) is 1.16. The molecule has 0 aromatic carbocycles. The minimum Gasteiger partial charge on any atom is -0.271 e. The van der Waals surface area contributed by atoms with Gasteiger partial charge in [0.15, 0.2) is 5.69 Å². The number of hydrogen-bond acceptors (Lipinski definition) is 5. The van der Waals surface area contributed by atoms with E-state index >= 15 is 0 Å². The van der Waals surface area contributed by atoms with Crippen LogP contribution < -0.4 is 0 Å². The van der Waals surface area contributed by atoms with Crippen molar-refractivity contribution < 1.29 is 35.7 Å². The third-order valence-corrected chi connectivity index (χ3v) is 4.24. The second-order valence-electron chi connectivity index (χ2n) is 4.18. The molecule has 0 bridgehead atoms. The maximum absolute atomic E-state index is 12.0. The molecule has 0 saturated carbocycles. The number of halogens is 12. The standard InChI is InChI=1S/C5HBrClF3N2.C5H2BrF3N2O.Cl3OP/c6-2-3(5(8,9)10)11-1-12-4(2)7;6-2-3(5(7,8)9)10-1-11-4(2)12;1-5(2,3)4/h1H;1-2H;. The predicted molar refractivity (Wildman–Crippen MR) is 105 cm³/mol. The summed E-state index contributed by atoms with van der Waals surface area (Å²) in [6.07, 6.45) is -7.74. The first kappa shape index (κ1) is 29.0. The summed E-state index contributed by atoms with van der Waals surface area (Å²) in [5, 5.41) is -3.47. The maximum Gasteiger partial charge on any atom is 0.434 e. The molecule has 0 radical (unpaired) electrons. The monoisotopic (exact) mass is 654 g/mol. The number of amides is 1. The molecule has 6 nitrogen and oxygen atoms in total. The first-order chi connectivity index (χ1) is 12.9. The van der Waals surface area contributed by atoms with E-state index in [1.54, 1.807) is 0 Å². The molecule has 19 heteroatoms. The lowest BCUT2D eigenvalue weighted by molar-refractivity contribution is -0.141. The van der Waals surface area contributed by atoms with Crippen molar-refractivity contribution in [2.45, 2.75) is 17.2 Å². The first-order valence-electron chi connectivity index (χ1n) is 6.13. The lowest BCUT2D eigenvalue weighted by Gasteiger charge is -2.14. The van der Waals surface area contributed by atoms with E-state index in [0.717, 1.165) is 6.33 Å². The van der Waals surface area contributed by atoms with Gasteiger partial charge in [-0.25, -0.2) is 20.0 Å². The maximum atomic E-state index is 12.0. The van der Waals surface area contributed by atoms with Crippen LogP contribution in [0.15, 0.2) is 20.8 Å². The second-order valence-corrected chi connectivity index (χ2v) is 12.9. The Labute approximate surface area is 194 Å². The summed E-state index contributed by atoms with van der Waals surface area (Å²) in [5.41, 5.74) is -2.23. The number of nitrogens with zero attached hydrogens (tertiary/aromatic N) is 4. The van der Waals surface area contributed by atoms with Crippen molar-refractivity contribution in [3.8, 4) is 0 Å². The molecule has 0 fully saturated rings. The van der Waals surface area contributed by atoms with Crippen LogP contribution in [0.4, 0.5) is 26.3 Å². The molecule has 164 valence electrons. The van der Waals surface area contributed by atoms with Gasteiger partial charge in [-0.2, -0.15) is 26.3 Å². The van der Waals surface area contributed by atoms with E-state index in [0.29, 0.717) is 6.34 Å². The van der Waals surface area contributed by atoms with Crippen LogP contribution in [-0.2, 0) is 15.5 Å². The number of carbonyl (C=O) groups excluding carboxylic acids is 1. The molecule has 1 aliphatic heterocycles. The summed E-state index contributed by atoms with van der Waals surface area (Å²) in [6, 6.07) is 0. The Morgan fingerprint density at radius 2 is 1.52 bits per heavy atom. The molecule has 1 aromatic rings. The largest absolute Gasteiger partial charge is 0.434 e. The number of rotatable bonds is 0. The summed E-state index contributed by atoms with van der Waals surface area (Å²) < 4.78 is 81.3. The minimum absolute atomic E-state index is 0.252. The van der Waals surface area contributed by atoms with E-state index in [1.807, 2.05) is 0 Å². The third kappa shape index (κ3) is 11.8. The second kappa shape index (κ2) is 11.6. The first-order valence-corrected chi connectivity index (χ1v) is 12.6. The van der Waals surface area contributed by atoms with Gasteiger partial charge < -0.3 is 0 Å². The van der Waals surface area contributed by atoms with Crippen LogP contribution in [0.2, 0.25) is 5.15 Å². The highest BCUT2D eigenvalue weighted by Gasteiger charge is 2.43. The van der Waals surface area contributed by atoms with E-state index in [-0.39, 0.29) is 9.63 Å². The minimum atomic E-state index is -4.59. The van der Waals surface area contributed by atoms with E-state index < -0.39 is 39.7 Å². The molecular weight excluding hydrogens is 655 g/mol. The van der Waals surface area contributed by atoms with Crippen molar-refractivity contribution >= 4 is 100 Å². The predicted octanol–water partition coefficient (Wildman–Crippen LogP) is 7.04. The molecule has 29 heavy (non-hydrogen) atoms. The van der Waals surface area contributed by atoms with Gasteiger partial charge in [-0.1, -0.05) is 27.5 Å². The Balaban J connectivity index is 0.000000442. The van der Waals surface area contributed by atoms with Crippen LogP contribution >= 0.6 is 82.4 Å². The molecular formula is C10H3Br2Cl4F6N4O2P. The Morgan fingerprint density at radius 1 is 1.03 bits per heavy atom. The van der Waals surface area contributed by atoms with Gasteiger partial charge in [-0.15, -0.1) is 0 Å². The van der Waals surface area contributed by atoms with Crippen molar-refractivity contribution in [1.82, 2.24) is 9.97 Å². The molecule has 1 atom stereocenters. The summed E-state index contributed by atoms with van der Waals surface area (Å²) in [6.45, 7) is 0. The van der Waals surface area contributed by atoms with E-state index in [4.69, 9.17) is 11.6 Å². The zero-order valence-electron chi connectivity index (χ0n) is 12.8. The van der Waals surface area contributed by atoms with Gasteiger partial charge in [-0.3, -0.25) is 9.36 Å². The molecule has 2 heterocycles. The van der Waals surface area contributed by atoms with Gasteiger partial charge in [0.25, 0.3) is 5.91 Å². The molecule has 1 unspecified atom stereocenters. The molecule has 2 rings (SSSR count). The van der Waals surface area contributed by atoms with Crippen LogP contribution in [0.1, 0.15) is 5.69 Å². The van der Waals surface area contributed by atoms with Gasteiger partial charge >= 0.3 is 17.6 Å². The highest BCUT2D eigenvalue weighted by molar-refractivity contribution is 9.10. The van der Waals surface area contributed by atoms with Gasteiger partial charge in [0.2, 0.25) is 0 Å². The zero-order valence-corrected chi connectivity index (χ0v) is 19.9. The van der Waals surface area contributed by atoms with Crippen molar-refractivity contribution in [2.24, 2.45) is 9.98 Å². The number of carbonyl (C=O) groups is 1. The number of aromatic nitrogens is 2. The van der Waals surface area contributed by atoms with Crippen LogP contribution in [0.25, 0.3) is 0 Å². The average Bonchev–Trinajstić information content (AvgIpc) is 2.49. The van der Waals surface area contributed by atoms with Crippen molar-refractivity contribution in [3.05, 3.63) is 21.6 Å². The number of hydrogen-bond donors (Lipinski definition) is 0. The molecule has 0 N–H and O–H groups in total. The van der Waals surface area contributed by atoms with Crippen LogP contribution in [-0.4, -0.2) is 38.9 Å². The van der Waals surface area contributed by atoms with Gasteiger partial charge in [-0.05, 0) is 49.7 Å². The number of alkyl halides is 7. The lowest BCUT2D eigenvalue weighted by Crippen LogP contribution is -2.37. The van der Waals surface area contributed by atoms with Crippen LogP contribution in [0, 0.1) is 0 Å². The molecule has 0 aliphatic carbocycles. The molecule has 1 aliphatic rings. The normalized spacial score (nSPS) is 16.9. The Hall–Kier alpha value is 0.0200. The Bertz CT molecular complexity index is 840. The average molecular weight is 658 g/mol. The van der Waals surface area contributed by atoms with Crippen molar-refractivity contribution in [1.29, 1.82) is 0 Å². The van der Waals surface area contributed by atoms with E-state index in [9.17, 15) is 35.7 Å². The Morgan fingerprint density at radius 3 is 1.86 bits per heavy atom. The molecule has 1 aromatic heterocycles. The fraction of sp³-hybridized carbons (Fsp3) is 0.300. The van der Waals surface area contributed by atoms with Gasteiger partial charge in [0, 0.05) is 0 Å². The molecule has 0 saturated heterocycles. The van der Waals surface area contributed by atoms with Crippen LogP contribution in [0.3, 0.4) is 0 Å². The van der Waals surface area contributed by atoms with Crippen molar-refractivity contribution in [2.75, 3.05) is 0 Å². The highest BCUT2D eigenvalue weighted by atomic mass is 79.9. The van der Waals surface area contributed by atoms with Gasteiger partial charge in [0.1, 0.15) is 28.4 Å². The lowest BCUT2D eigenvalue weighted by atomic mass is 10.2. The highest BCUT2D eigenvalue weighted by Crippen LogP contribution is 2.61. The van der Waals surface area contributed by atoms with E-state index in [2.05, 4.69) is 85.5 Å². The summed E-state index contributed by atoms with van der Waals surface area (Å²) in [5.74, 6) is -0.891. The van der Waals surface area contributed by atoms with E-state index in [1.165, 1.54) is 0 Å². The fourth-order valence-corrected chi connectivity index (χ4v) is 2.22. The molecule has 0 spiro atoms. The SMILES string of the molecule is FC(F)(F)c1ncnc(Cl)c1Br.O=C1N=CN=C(C(F)(F)F)C1Br.O=P(Cl)(Cl)Cl. The summed E-state index contributed by atoms with van der Waals surface area (Å²) in [4.78, 5) is 21.6. The van der Waals surface area contributed by atoms with Gasteiger partial charge in [0.05, 0.1) is 4.47 Å². The Kier molecular flexibility index (Phi) is 11.6.